The van der Waals surface area contributed by atoms with Crippen molar-refractivity contribution in [1.82, 2.24) is 0 Å². The van der Waals surface area contributed by atoms with E-state index in [1.807, 2.05) is 0 Å². The quantitative estimate of drug-likeness (QED) is 0.270. The summed E-state index contributed by atoms with van der Waals surface area (Å²) in [5, 5.41) is 3.74. The smallest absolute Gasteiger partial charge is 0.177 e. The van der Waals surface area contributed by atoms with Crippen molar-refractivity contribution in [1.29, 1.82) is 0 Å². The van der Waals surface area contributed by atoms with Crippen LogP contribution in [0.3, 0.4) is 0 Å². The van der Waals surface area contributed by atoms with Crippen LogP contribution in [0.5, 0.6) is 0 Å². The Labute approximate surface area is 75.5 Å². The molecule has 1 fully saturated rings. The highest BCUT2D eigenvalue weighted by Gasteiger charge is 2.14. The van der Waals surface area contributed by atoms with Gasteiger partial charge in [-0.05, 0) is 6.42 Å². The summed E-state index contributed by atoms with van der Waals surface area (Å²) in [6.45, 7) is 1.13. The minimum Gasteiger partial charge on any atom is -0.377 e. The molecule has 1 aliphatic heterocycles. The van der Waals surface area contributed by atoms with Crippen LogP contribution in [-0.4, -0.2) is 30.4 Å². The van der Waals surface area contributed by atoms with Crippen molar-refractivity contribution in [2.24, 2.45) is 16.7 Å². The second kappa shape index (κ2) is 5.23. The topological polar surface area (TPSA) is 82.9 Å². The van der Waals surface area contributed by atoms with Gasteiger partial charge in [-0.15, -0.1) is 0 Å². The molecule has 0 aromatic rings. The molecule has 0 aromatic carbocycles. The second-order valence-corrected chi connectivity index (χ2v) is 3.42. The number of hydrazone groups is 1. The van der Waals surface area contributed by atoms with Gasteiger partial charge in [0.15, 0.2) is 5.17 Å². The summed E-state index contributed by atoms with van der Waals surface area (Å²) in [6.07, 6.45) is 1.12. The largest absolute Gasteiger partial charge is 0.377 e. The molecular formula is C6H13N3O2S. The molecule has 0 aliphatic carbocycles. The maximum absolute atomic E-state index is 5.39. The van der Waals surface area contributed by atoms with Crippen LogP contribution in [0.4, 0.5) is 0 Å². The van der Waals surface area contributed by atoms with Crippen LogP contribution >= 0.6 is 11.8 Å². The van der Waals surface area contributed by atoms with E-state index < -0.39 is 0 Å². The van der Waals surface area contributed by atoms with Crippen LogP contribution in [0.1, 0.15) is 6.42 Å². The number of hydrogen-bond acceptors (Lipinski definition) is 5. The average molecular weight is 191 g/mol. The van der Waals surface area contributed by atoms with Gasteiger partial charge in [0, 0.05) is 5.75 Å². The van der Waals surface area contributed by atoms with Gasteiger partial charge in [-0.2, -0.15) is 5.10 Å². The number of amidine groups is 1. The van der Waals surface area contributed by atoms with E-state index in [2.05, 4.69) is 5.10 Å². The fraction of sp³-hybridized carbons (Fsp3) is 0.833. The molecule has 0 spiro atoms. The number of ether oxygens (including phenoxy) is 2. The highest BCUT2D eigenvalue weighted by atomic mass is 32.2. The van der Waals surface area contributed by atoms with Gasteiger partial charge in [-0.1, -0.05) is 11.8 Å². The molecule has 1 rings (SSSR count). The van der Waals surface area contributed by atoms with E-state index in [0.717, 1.165) is 18.8 Å². The van der Waals surface area contributed by atoms with Gasteiger partial charge in [0.2, 0.25) is 0 Å². The minimum atomic E-state index is 0.212. The lowest BCUT2D eigenvalue weighted by Gasteiger charge is -2.21. The number of hydrogen-bond donors (Lipinski definition) is 2. The zero-order valence-corrected chi connectivity index (χ0v) is 7.55. The van der Waals surface area contributed by atoms with Crippen LogP contribution in [0.15, 0.2) is 5.10 Å². The van der Waals surface area contributed by atoms with E-state index in [9.17, 15) is 0 Å². The molecule has 0 aromatic heterocycles. The van der Waals surface area contributed by atoms with Crippen LogP contribution in [-0.2, 0) is 9.47 Å². The van der Waals surface area contributed by atoms with Crippen molar-refractivity contribution in [2.45, 2.75) is 12.5 Å². The summed E-state index contributed by atoms with van der Waals surface area (Å²) in [6, 6.07) is 0. The monoisotopic (exact) mass is 191 g/mol. The second-order valence-electron chi connectivity index (χ2n) is 2.38. The Hall–Kier alpha value is -0.460. The molecule has 0 radical (unpaired) electrons. The highest BCUT2D eigenvalue weighted by molar-refractivity contribution is 8.13. The van der Waals surface area contributed by atoms with Gasteiger partial charge < -0.3 is 21.1 Å². The molecule has 1 aliphatic rings. The summed E-state index contributed by atoms with van der Waals surface area (Å²) >= 11 is 1.41. The van der Waals surface area contributed by atoms with Gasteiger partial charge in [0.05, 0.1) is 12.7 Å². The molecule has 4 N–H and O–H groups in total. The van der Waals surface area contributed by atoms with Crippen molar-refractivity contribution in [3.8, 4) is 0 Å². The Kier molecular flexibility index (Phi) is 4.20. The standard InChI is InChI=1S/C6H13N3O2S/c7-6(9-8)12-3-5-1-2-10-4-11-5/h5H,1-4,8H2,(H2,7,9). The van der Waals surface area contributed by atoms with E-state index in [1.54, 1.807) is 0 Å². The predicted molar refractivity (Wildman–Crippen MR) is 48.6 cm³/mol. The first kappa shape index (κ1) is 9.63. The van der Waals surface area contributed by atoms with Crippen LogP contribution in [0.25, 0.3) is 0 Å². The molecule has 1 heterocycles. The van der Waals surface area contributed by atoms with Crippen molar-refractivity contribution >= 4 is 16.9 Å². The van der Waals surface area contributed by atoms with Gasteiger partial charge in [0.1, 0.15) is 6.79 Å². The van der Waals surface area contributed by atoms with Crippen molar-refractivity contribution in [3.05, 3.63) is 0 Å². The lowest BCUT2D eigenvalue weighted by molar-refractivity contribution is -0.130. The first-order chi connectivity index (χ1) is 5.83. The summed E-state index contributed by atoms with van der Waals surface area (Å²) in [5.74, 6) is 5.75. The third kappa shape index (κ3) is 3.29. The molecule has 0 bridgehead atoms. The first-order valence-electron chi connectivity index (χ1n) is 3.68. The van der Waals surface area contributed by atoms with Gasteiger partial charge in [0.25, 0.3) is 0 Å². The summed E-state index contributed by atoms with van der Waals surface area (Å²) in [5.41, 5.74) is 5.39. The van der Waals surface area contributed by atoms with E-state index in [4.69, 9.17) is 21.1 Å². The Bertz CT molecular complexity index is 159. The van der Waals surface area contributed by atoms with Crippen LogP contribution in [0.2, 0.25) is 0 Å². The molecule has 1 unspecified atom stereocenters. The molecular weight excluding hydrogens is 178 g/mol. The summed E-state index contributed by atoms with van der Waals surface area (Å²) in [7, 11) is 0. The summed E-state index contributed by atoms with van der Waals surface area (Å²) in [4.78, 5) is 0. The maximum Gasteiger partial charge on any atom is 0.177 e. The van der Waals surface area contributed by atoms with Gasteiger partial charge in [-0.3, -0.25) is 0 Å². The minimum absolute atomic E-state index is 0.212. The van der Waals surface area contributed by atoms with E-state index in [0.29, 0.717) is 12.0 Å². The predicted octanol–water partition coefficient (Wildman–Crippen LogP) is -0.329. The Morgan fingerprint density at radius 2 is 2.50 bits per heavy atom. The van der Waals surface area contributed by atoms with Crippen molar-refractivity contribution < 1.29 is 9.47 Å². The highest BCUT2D eigenvalue weighted by Crippen LogP contribution is 2.12. The normalized spacial score (nSPS) is 25.7. The molecule has 5 nitrogen and oxygen atoms in total. The average Bonchev–Trinajstić information content (AvgIpc) is 2.16. The Balaban J connectivity index is 2.13. The zero-order chi connectivity index (χ0) is 8.81. The molecule has 70 valence electrons. The fourth-order valence-electron chi connectivity index (χ4n) is 0.848. The Morgan fingerprint density at radius 1 is 1.67 bits per heavy atom. The number of nitrogens with zero attached hydrogens (tertiary/aromatic N) is 1. The zero-order valence-electron chi connectivity index (χ0n) is 6.73. The van der Waals surface area contributed by atoms with E-state index in [1.165, 1.54) is 11.8 Å². The number of nitrogens with two attached hydrogens (primary N) is 2. The molecule has 6 heteroatoms. The molecule has 1 atom stereocenters. The molecule has 1 saturated heterocycles. The third-order valence-electron chi connectivity index (χ3n) is 1.52. The SMILES string of the molecule is NN=C(N)SCC1CCOCO1. The first-order valence-corrected chi connectivity index (χ1v) is 4.67. The lowest BCUT2D eigenvalue weighted by Crippen LogP contribution is -2.27. The van der Waals surface area contributed by atoms with Gasteiger partial charge >= 0.3 is 0 Å². The number of thioether (sulfide) groups is 1. The van der Waals surface area contributed by atoms with Crippen LogP contribution in [0, 0.1) is 0 Å². The molecule has 12 heavy (non-hydrogen) atoms. The van der Waals surface area contributed by atoms with E-state index in [-0.39, 0.29) is 6.10 Å². The van der Waals surface area contributed by atoms with E-state index >= 15 is 0 Å². The van der Waals surface area contributed by atoms with Crippen molar-refractivity contribution in [2.75, 3.05) is 19.2 Å². The van der Waals surface area contributed by atoms with Crippen LogP contribution < -0.4 is 11.6 Å². The molecule has 0 amide bonds. The van der Waals surface area contributed by atoms with Gasteiger partial charge in [-0.25, -0.2) is 0 Å². The Morgan fingerprint density at radius 3 is 3.08 bits per heavy atom. The van der Waals surface area contributed by atoms with Crippen molar-refractivity contribution in [3.63, 3.8) is 0 Å². The number of rotatable bonds is 2. The fourth-order valence-corrected chi connectivity index (χ4v) is 1.54. The lowest BCUT2D eigenvalue weighted by atomic mass is 10.3. The molecule has 0 saturated carbocycles. The maximum atomic E-state index is 5.39. The third-order valence-corrected chi connectivity index (χ3v) is 2.46. The summed E-state index contributed by atoms with van der Waals surface area (Å²) < 4.78 is 10.3.